The van der Waals surface area contributed by atoms with Gasteiger partial charge in [0.1, 0.15) is 10.8 Å². The molecule has 1 heterocycles. The summed E-state index contributed by atoms with van der Waals surface area (Å²) in [5, 5.41) is 0.786. The third-order valence-electron chi connectivity index (χ3n) is 4.99. The molecule has 0 aliphatic heterocycles. The van der Waals surface area contributed by atoms with Crippen LogP contribution in [-0.2, 0) is 15.7 Å². The zero-order chi connectivity index (χ0) is 24.6. The van der Waals surface area contributed by atoms with Crippen molar-refractivity contribution in [1.29, 1.82) is 0 Å². The van der Waals surface area contributed by atoms with Gasteiger partial charge in [0, 0.05) is 17.3 Å². The molecule has 4 nitrogen and oxygen atoms in total. The number of benzene rings is 2. The van der Waals surface area contributed by atoms with Crippen molar-refractivity contribution >= 4 is 17.3 Å². The minimum Gasteiger partial charge on any atom is -0.494 e. The summed E-state index contributed by atoms with van der Waals surface area (Å²) in [6.07, 6.45) is 0.982. The Morgan fingerprint density at radius 2 is 1.56 bits per heavy atom. The Hall–Kier alpha value is -3.13. The lowest BCUT2D eigenvalue weighted by Gasteiger charge is -2.07. The van der Waals surface area contributed by atoms with Crippen LogP contribution in [0.3, 0.4) is 0 Å². The van der Waals surface area contributed by atoms with Crippen LogP contribution in [0.5, 0.6) is 5.75 Å². The lowest BCUT2D eigenvalue weighted by molar-refractivity contribution is -0.139. The highest BCUT2D eigenvalue weighted by Gasteiger charge is 2.30. The molecule has 0 atom stereocenters. The highest BCUT2D eigenvalue weighted by atomic mass is 32.1. The first-order valence-corrected chi connectivity index (χ1v) is 11.7. The van der Waals surface area contributed by atoms with Gasteiger partial charge in [0.15, 0.2) is 0 Å². The fourth-order valence-electron chi connectivity index (χ4n) is 3.09. The second-order valence-corrected chi connectivity index (χ2v) is 8.84. The fourth-order valence-corrected chi connectivity index (χ4v) is 4.02. The summed E-state index contributed by atoms with van der Waals surface area (Å²) in [7, 11) is 0. The van der Waals surface area contributed by atoms with Crippen molar-refractivity contribution in [1.82, 2.24) is 4.98 Å². The normalized spacial score (nSPS) is 11.3. The Morgan fingerprint density at radius 3 is 2.18 bits per heavy atom. The molecule has 0 spiro atoms. The van der Waals surface area contributed by atoms with E-state index in [1.54, 1.807) is 13.1 Å². The van der Waals surface area contributed by atoms with Crippen molar-refractivity contribution < 1.29 is 27.4 Å². The zero-order valence-electron chi connectivity index (χ0n) is 18.9. The monoisotopic (exact) mass is 489 g/mol. The number of unbranched alkanes of at least 4 members (excludes halogenated alkanes) is 3. The average Bonchev–Trinajstić information content (AvgIpc) is 3.31. The Bertz CT molecular complexity index is 1090. The Balaban J connectivity index is 1.42. The van der Waals surface area contributed by atoms with Gasteiger partial charge in [-0.1, -0.05) is 18.7 Å². The highest BCUT2D eigenvalue weighted by molar-refractivity contribution is 7.18. The number of aromatic nitrogens is 1. The largest absolute Gasteiger partial charge is 0.494 e. The summed E-state index contributed by atoms with van der Waals surface area (Å²) < 4.78 is 49.1. The molecule has 0 fully saturated rings. The summed E-state index contributed by atoms with van der Waals surface area (Å²) in [6.45, 7) is 6.18. The van der Waals surface area contributed by atoms with E-state index in [4.69, 9.17) is 9.47 Å². The standard InChI is InChI=1S/C26H26F3NO3S/c1-18(2)25(31)33-16-6-4-3-5-15-32-22-13-9-20(10-14-22)24-30-17-23(34-24)19-7-11-21(12-8-19)26(27,28)29/h7-14,17H,1,3-6,15-16H2,2H3. The van der Waals surface area contributed by atoms with Gasteiger partial charge >= 0.3 is 12.1 Å². The highest BCUT2D eigenvalue weighted by Crippen LogP contribution is 2.35. The molecule has 3 rings (SSSR count). The Morgan fingerprint density at radius 1 is 0.941 bits per heavy atom. The fraction of sp³-hybridized carbons (Fsp3) is 0.308. The van der Waals surface area contributed by atoms with Gasteiger partial charge in [-0.2, -0.15) is 13.2 Å². The van der Waals surface area contributed by atoms with Crippen LogP contribution >= 0.6 is 11.3 Å². The number of nitrogens with zero attached hydrogens (tertiary/aromatic N) is 1. The van der Waals surface area contributed by atoms with Crippen LogP contribution in [0.15, 0.2) is 66.9 Å². The molecule has 0 N–H and O–H groups in total. The topological polar surface area (TPSA) is 48.4 Å². The van der Waals surface area contributed by atoms with Crippen molar-refractivity contribution in [2.45, 2.75) is 38.8 Å². The van der Waals surface area contributed by atoms with Gasteiger partial charge in [-0.05, 0) is 74.6 Å². The Labute approximate surface area is 201 Å². The minimum absolute atomic E-state index is 0.347. The summed E-state index contributed by atoms with van der Waals surface area (Å²) >= 11 is 1.42. The molecule has 1 aromatic heterocycles. The van der Waals surface area contributed by atoms with E-state index < -0.39 is 11.7 Å². The first-order chi connectivity index (χ1) is 16.2. The molecule has 0 saturated heterocycles. The number of rotatable bonds is 11. The zero-order valence-corrected chi connectivity index (χ0v) is 19.7. The summed E-state index contributed by atoms with van der Waals surface area (Å²) in [4.78, 5) is 16.5. The number of esters is 1. The molecule has 34 heavy (non-hydrogen) atoms. The van der Waals surface area contributed by atoms with E-state index >= 15 is 0 Å². The van der Waals surface area contributed by atoms with E-state index in [2.05, 4.69) is 11.6 Å². The molecule has 2 aromatic carbocycles. The first-order valence-electron chi connectivity index (χ1n) is 10.9. The number of thiazole rings is 1. The molecule has 0 bridgehead atoms. The van der Waals surface area contributed by atoms with Gasteiger partial charge in [-0.25, -0.2) is 9.78 Å². The van der Waals surface area contributed by atoms with Crippen LogP contribution in [0.4, 0.5) is 13.2 Å². The number of alkyl halides is 3. The van der Waals surface area contributed by atoms with Crippen molar-refractivity contribution in [2.24, 2.45) is 0 Å². The molecule has 3 aromatic rings. The van der Waals surface area contributed by atoms with Crippen molar-refractivity contribution in [2.75, 3.05) is 13.2 Å². The lowest BCUT2D eigenvalue weighted by atomic mass is 10.1. The van der Waals surface area contributed by atoms with E-state index in [-0.39, 0.29) is 5.97 Å². The quantitative estimate of drug-likeness (QED) is 0.158. The average molecular weight is 490 g/mol. The third kappa shape index (κ3) is 7.45. The molecule has 0 amide bonds. The van der Waals surface area contributed by atoms with Gasteiger partial charge in [-0.3, -0.25) is 0 Å². The maximum absolute atomic E-state index is 12.8. The summed E-state index contributed by atoms with van der Waals surface area (Å²) in [5.41, 5.74) is 1.36. The first kappa shape index (κ1) is 25.5. The number of hydrogen-bond donors (Lipinski definition) is 0. The Kier molecular flexibility index (Phi) is 8.87. The predicted octanol–water partition coefficient (Wildman–Crippen LogP) is 7.55. The molecule has 180 valence electrons. The smallest absolute Gasteiger partial charge is 0.416 e. The number of carbonyl (C=O) groups is 1. The van der Waals surface area contributed by atoms with Gasteiger partial charge in [0.2, 0.25) is 0 Å². The van der Waals surface area contributed by atoms with E-state index in [1.165, 1.54) is 23.5 Å². The minimum atomic E-state index is -4.34. The maximum atomic E-state index is 12.8. The lowest BCUT2D eigenvalue weighted by Crippen LogP contribution is -2.06. The van der Waals surface area contributed by atoms with Crippen molar-refractivity contribution in [3.63, 3.8) is 0 Å². The number of ether oxygens (including phenoxy) is 2. The molecular weight excluding hydrogens is 463 g/mol. The molecule has 0 aliphatic carbocycles. The van der Waals surface area contributed by atoms with Crippen LogP contribution in [0.2, 0.25) is 0 Å². The number of halogens is 3. The predicted molar refractivity (Wildman–Crippen MR) is 128 cm³/mol. The second kappa shape index (κ2) is 11.8. The molecule has 0 aliphatic rings. The van der Waals surface area contributed by atoms with Crippen LogP contribution in [-0.4, -0.2) is 24.2 Å². The van der Waals surface area contributed by atoms with Crippen LogP contribution in [0.1, 0.15) is 38.2 Å². The van der Waals surface area contributed by atoms with Crippen LogP contribution in [0, 0.1) is 0 Å². The molecule has 8 heteroatoms. The molecule has 0 saturated carbocycles. The molecule has 0 radical (unpaired) electrons. The molecule has 0 unspecified atom stereocenters. The second-order valence-electron chi connectivity index (χ2n) is 7.81. The van der Waals surface area contributed by atoms with E-state index in [0.717, 1.165) is 59.0 Å². The van der Waals surface area contributed by atoms with Crippen LogP contribution in [0.25, 0.3) is 21.0 Å². The van der Waals surface area contributed by atoms with Crippen molar-refractivity contribution in [3.8, 4) is 26.8 Å². The van der Waals surface area contributed by atoms with Gasteiger partial charge in [0.05, 0.1) is 23.7 Å². The molecular formula is C26H26F3NO3S. The number of hydrogen-bond acceptors (Lipinski definition) is 5. The van der Waals surface area contributed by atoms with E-state index in [1.807, 2.05) is 24.3 Å². The summed E-state index contributed by atoms with van der Waals surface area (Å²) in [6, 6.07) is 12.7. The van der Waals surface area contributed by atoms with E-state index in [9.17, 15) is 18.0 Å². The van der Waals surface area contributed by atoms with Gasteiger partial charge < -0.3 is 9.47 Å². The van der Waals surface area contributed by atoms with E-state index in [0.29, 0.717) is 24.4 Å². The van der Waals surface area contributed by atoms with Crippen molar-refractivity contribution in [3.05, 3.63) is 72.4 Å². The summed E-state index contributed by atoms with van der Waals surface area (Å²) in [5.74, 6) is 0.416. The van der Waals surface area contributed by atoms with Gasteiger partial charge in [-0.15, -0.1) is 11.3 Å². The van der Waals surface area contributed by atoms with Gasteiger partial charge in [0.25, 0.3) is 0 Å². The maximum Gasteiger partial charge on any atom is 0.416 e. The van der Waals surface area contributed by atoms with Crippen LogP contribution < -0.4 is 4.74 Å². The SMILES string of the molecule is C=C(C)C(=O)OCCCCCCOc1ccc(-c2ncc(-c3ccc(C(F)(F)F)cc3)s2)cc1. The third-order valence-corrected chi connectivity index (χ3v) is 6.09. The number of carbonyl (C=O) groups excluding carboxylic acids is 1.